The Kier molecular flexibility index (Phi) is 1.99. The summed E-state index contributed by atoms with van der Waals surface area (Å²) in [6.45, 7) is 2.42. The van der Waals surface area contributed by atoms with Gasteiger partial charge in [0.1, 0.15) is 5.82 Å². The first-order valence-electron chi connectivity index (χ1n) is 4.21. The summed E-state index contributed by atoms with van der Waals surface area (Å²) in [5.41, 5.74) is 0. The molecule has 0 saturated heterocycles. The Balaban J connectivity index is 2.41. The van der Waals surface area contributed by atoms with E-state index in [2.05, 4.69) is 15.5 Å². The predicted octanol–water partition coefficient (Wildman–Crippen LogP) is 0.789. The number of rotatable bonds is 0. The van der Waals surface area contributed by atoms with Crippen molar-refractivity contribution in [2.75, 3.05) is 0 Å². The zero-order chi connectivity index (χ0) is 10.3. The van der Waals surface area contributed by atoms with E-state index in [0.29, 0.717) is 12.4 Å². The van der Waals surface area contributed by atoms with E-state index in [9.17, 15) is 13.2 Å². The lowest BCUT2D eigenvalue weighted by Gasteiger charge is -2.22. The van der Waals surface area contributed by atoms with E-state index < -0.39 is 12.0 Å². The largest absolute Gasteiger partial charge is 0.451 e. The van der Waals surface area contributed by atoms with Crippen molar-refractivity contribution < 1.29 is 13.2 Å². The highest BCUT2D eigenvalue weighted by atomic mass is 19.4. The van der Waals surface area contributed by atoms with Gasteiger partial charge in [-0.1, -0.05) is 0 Å². The molecule has 2 rings (SSSR count). The fourth-order valence-electron chi connectivity index (χ4n) is 1.47. The van der Waals surface area contributed by atoms with Crippen LogP contribution in [-0.2, 0) is 19.3 Å². The average Bonchev–Trinajstić information content (AvgIpc) is 2.45. The van der Waals surface area contributed by atoms with Crippen LogP contribution in [0.1, 0.15) is 18.6 Å². The van der Waals surface area contributed by atoms with Crippen LogP contribution in [0.5, 0.6) is 0 Å². The van der Waals surface area contributed by atoms with E-state index in [-0.39, 0.29) is 12.6 Å². The molecule has 1 atom stereocenters. The van der Waals surface area contributed by atoms with Crippen LogP contribution < -0.4 is 5.32 Å². The minimum atomic E-state index is -4.41. The third-order valence-electron chi connectivity index (χ3n) is 2.15. The van der Waals surface area contributed by atoms with Crippen LogP contribution in [0, 0.1) is 0 Å². The Morgan fingerprint density at radius 3 is 2.79 bits per heavy atom. The minimum Gasteiger partial charge on any atom is -0.306 e. The standard InChI is InChI=1S/C7H9F3N4/c1-4-3-14-5(2-11-4)12-13-6(14)7(8,9)10/h4,11H,2-3H2,1H3/t4-/m1/s1. The second kappa shape index (κ2) is 2.94. The molecule has 1 aromatic rings. The molecule has 1 aliphatic rings. The fraction of sp³-hybridized carbons (Fsp3) is 0.714. The quantitative estimate of drug-likeness (QED) is 0.682. The van der Waals surface area contributed by atoms with Crippen molar-refractivity contribution in [3.8, 4) is 0 Å². The van der Waals surface area contributed by atoms with Gasteiger partial charge in [0.2, 0.25) is 5.82 Å². The molecule has 4 nitrogen and oxygen atoms in total. The lowest BCUT2D eigenvalue weighted by Crippen LogP contribution is -2.38. The van der Waals surface area contributed by atoms with Gasteiger partial charge in [0, 0.05) is 12.6 Å². The van der Waals surface area contributed by atoms with Crippen molar-refractivity contribution in [3.05, 3.63) is 11.6 Å². The maximum Gasteiger partial charge on any atom is 0.451 e. The molecular weight excluding hydrogens is 197 g/mol. The molecule has 0 radical (unpaired) electrons. The van der Waals surface area contributed by atoms with E-state index >= 15 is 0 Å². The first-order valence-corrected chi connectivity index (χ1v) is 4.21. The molecule has 1 aromatic heterocycles. The number of aromatic nitrogens is 3. The number of alkyl halides is 3. The number of hydrogen-bond acceptors (Lipinski definition) is 3. The van der Waals surface area contributed by atoms with E-state index in [1.54, 1.807) is 0 Å². The maximum atomic E-state index is 12.4. The number of fused-ring (bicyclic) bond motifs is 1. The number of nitrogens with zero attached hydrogens (tertiary/aromatic N) is 3. The molecule has 0 aromatic carbocycles. The molecule has 0 amide bonds. The summed E-state index contributed by atoms with van der Waals surface area (Å²) in [4.78, 5) is 0. The summed E-state index contributed by atoms with van der Waals surface area (Å²) < 4.78 is 38.3. The first-order chi connectivity index (χ1) is 6.48. The number of halogens is 3. The summed E-state index contributed by atoms with van der Waals surface area (Å²) in [6, 6.07) is 0.0135. The van der Waals surface area contributed by atoms with E-state index in [4.69, 9.17) is 0 Å². The Bertz CT molecular complexity index is 343. The molecular formula is C7H9F3N4. The molecule has 2 heterocycles. The van der Waals surface area contributed by atoms with Gasteiger partial charge in [-0.25, -0.2) is 0 Å². The summed E-state index contributed by atoms with van der Waals surface area (Å²) in [5, 5.41) is 9.65. The third-order valence-corrected chi connectivity index (χ3v) is 2.15. The Morgan fingerprint density at radius 1 is 1.43 bits per heavy atom. The number of nitrogens with one attached hydrogen (secondary N) is 1. The van der Waals surface area contributed by atoms with Crippen LogP contribution in [0.3, 0.4) is 0 Å². The normalized spacial score (nSPS) is 22.1. The summed E-state index contributed by atoms with van der Waals surface area (Å²) in [6.07, 6.45) is -4.41. The molecule has 0 unspecified atom stereocenters. The predicted molar refractivity (Wildman–Crippen MR) is 41.3 cm³/mol. The molecule has 0 aliphatic carbocycles. The van der Waals surface area contributed by atoms with Crippen LogP contribution in [0.25, 0.3) is 0 Å². The van der Waals surface area contributed by atoms with Crippen molar-refractivity contribution in [2.45, 2.75) is 32.2 Å². The molecule has 78 valence electrons. The average molecular weight is 206 g/mol. The Labute approximate surface area is 78.1 Å². The zero-order valence-corrected chi connectivity index (χ0v) is 7.47. The SMILES string of the molecule is C[C@@H]1Cn2c(nnc2C(F)(F)F)CN1. The lowest BCUT2D eigenvalue weighted by molar-refractivity contribution is -0.147. The van der Waals surface area contributed by atoms with E-state index in [0.717, 1.165) is 4.57 Å². The van der Waals surface area contributed by atoms with Gasteiger partial charge in [-0.05, 0) is 6.92 Å². The second-order valence-electron chi connectivity index (χ2n) is 3.33. The molecule has 0 fully saturated rings. The van der Waals surface area contributed by atoms with Gasteiger partial charge in [-0.2, -0.15) is 13.2 Å². The van der Waals surface area contributed by atoms with Gasteiger partial charge in [0.25, 0.3) is 0 Å². The maximum absolute atomic E-state index is 12.4. The van der Waals surface area contributed by atoms with Crippen molar-refractivity contribution in [3.63, 3.8) is 0 Å². The molecule has 14 heavy (non-hydrogen) atoms. The van der Waals surface area contributed by atoms with Crippen LogP contribution in [0.15, 0.2) is 0 Å². The van der Waals surface area contributed by atoms with Gasteiger partial charge < -0.3 is 9.88 Å². The van der Waals surface area contributed by atoms with E-state index in [1.165, 1.54) is 0 Å². The highest BCUT2D eigenvalue weighted by Crippen LogP contribution is 2.28. The number of hydrogen-bond donors (Lipinski definition) is 1. The third kappa shape index (κ3) is 1.47. The highest BCUT2D eigenvalue weighted by Gasteiger charge is 2.39. The molecule has 0 bridgehead atoms. The van der Waals surface area contributed by atoms with Gasteiger partial charge in [0.15, 0.2) is 0 Å². The van der Waals surface area contributed by atoms with Gasteiger partial charge in [0.05, 0.1) is 6.54 Å². The molecule has 1 aliphatic heterocycles. The molecule has 1 N–H and O–H groups in total. The fourth-order valence-corrected chi connectivity index (χ4v) is 1.47. The van der Waals surface area contributed by atoms with Crippen LogP contribution in [0.4, 0.5) is 13.2 Å². The monoisotopic (exact) mass is 206 g/mol. The van der Waals surface area contributed by atoms with Crippen LogP contribution >= 0.6 is 0 Å². The first kappa shape index (κ1) is 9.45. The van der Waals surface area contributed by atoms with Crippen molar-refractivity contribution >= 4 is 0 Å². The summed E-state index contributed by atoms with van der Waals surface area (Å²) in [7, 11) is 0. The molecule has 0 saturated carbocycles. The topological polar surface area (TPSA) is 42.7 Å². The molecule has 7 heteroatoms. The highest BCUT2D eigenvalue weighted by molar-refractivity contribution is 5.02. The van der Waals surface area contributed by atoms with Crippen molar-refractivity contribution in [1.29, 1.82) is 0 Å². The van der Waals surface area contributed by atoms with Gasteiger partial charge in [-0.15, -0.1) is 10.2 Å². The lowest BCUT2D eigenvalue weighted by atomic mass is 10.2. The van der Waals surface area contributed by atoms with Gasteiger partial charge in [-0.3, -0.25) is 0 Å². The molecule has 0 spiro atoms. The summed E-state index contributed by atoms with van der Waals surface area (Å²) >= 11 is 0. The van der Waals surface area contributed by atoms with Crippen molar-refractivity contribution in [1.82, 2.24) is 20.1 Å². The Hall–Kier alpha value is -1.11. The van der Waals surface area contributed by atoms with Crippen LogP contribution in [-0.4, -0.2) is 20.8 Å². The smallest absolute Gasteiger partial charge is 0.306 e. The van der Waals surface area contributed by atoms with E-state index in [1.807, 2.05) is 6.92 Å². The summed E-state index contributed by atoms with van der Waals surface area (Å²) in [5.74, 6) is -0.559. The van der Waals surface area contributed by atoms with Crippen LogP contribution in [0.2, 0.25) is 0 Å². The second-order valence-corrected chi connectivity index (χ2v) is 3.33. The Morgan fingerprint density at radius 2 is 2.14 bits per heavy atom. The van der Waals surface area contributed by atoms with Gasteiger partial charge >= 0.3 is 6.18 Å². The van der Waals surface area contributed by atoms with Crippen molar-refractivity contribution in [2.24, 2.45) is 0 Å². The minimum absolute atomic E-state index is 0.0135. The zero-order valence-electron chi connectivity index (χ0n) is 7.47.